The SMILES string of the molecule is CCOC(C=O)Cc1ccc(OCc2sc(-c3ccccc3-c3conc3C(=O)O)cc2C)cc1. The molecule has 2 aromatic heterocycles. The van der Waals surface area contributed by atoms with Gasteiger partial charge in [0.1, 0.15) is 31.0 Å². The number of ether oxygens (including phenoxy) is 2. The Morgan fingerprint density at radius 3 is 2.57 bits per heavy atom. The highest BCUT2D eigenvalue weighted by atomic mass is 32.1. The van der Waals surface area contributed by atoms with Gasteiger partial charge in [-0.25, -0.2) is 4.79 Å². The lowest BCUT2D eigenvalue weighted by Gasteiger charge is -2.11. The largest absolute Gasteiger partial charge is 0.488 e. The number of carboxylic acid groups (broad SMARTS) is 1. The van der Waals surface area contributed by atoms with Gasteiger partial charge in [0, 0.05) is 22.8 Å². The lowest BCUT2D eigenvalue weighted by atomic mass is 9.99. The molecule has 0 aliphatic carbocycles. The van der Waals surface area contributed by atoms with Crippen molar-refractivity contribution in [2.45, 2.75) is 33.0 Å². The molecule has 2 aromatic carbocycles. The van der Waals surface area contributed by atoms with Gasteiger partial charge >= 0.3 is 5.97 Å². The summed E-state index contributed by atoms with van der Waals surface area (Å²) in [6.45, 7) is 4.80. The minimum absolute atomic E-state index is 0.113. The molecule has 1 unspecified atom stereocenters. The number of aryl methyl sites for hydroxylation is 1. The first kappa shape index (κ1) is 24.4. The molecular formula is C27H25NO6S. The minimum Gasteiger partial charge on any atom is -0.488 e. The zero-order valence-corrected chi connectivity index (χ0v) is 20.2. The predicted molar refractivity (Wildman–Crippen MR) is 133 cm³/mol. The highest BCUT2D eigenvalue weighted by Crippen LogP contribution is 2.39. The molecule has 8 heteroatoms. The molecule has 0 saturated carbocycles. The molecule has 0 aliphatic rings. The number of hydrogen-bond acceptors (Lipinski definition) is 7. The summed E-state index contributed by atoms with van der Waals surface area (Å²) in [6.07, 6.45) is 2.28. The quantitative estimate of drug-likeness (QED) is 0.265. The fourth-order valence-corrected chi connectivity index (χ4v) is 4.90. The normalized spacial score (nSPS) is 11.8. The van der Waals surface area contributed by atoms with Crippen molar-refractivity contribution in [2.75, 3.05) is 6.61 Å². The molecule has 2 heterocycles. The van der Waals surface area contributed by atoms with Crippen LogP contribution in [0, 0.1) is 6.92 Å². The van der Waals surface area contributed by atoms with Gasteiger partial charge in [-0.3, -0.25) is 0 Å². The molecule has 0 spiro atoms. The number of carbonyl (C=O) groups is 2. The maximum absolute atomic E-state index is 11.5. The van der Waals surface area contributed by atoms with Gasteiger partial charge in [0.05, 0.1) is 5.56 Å². The van der Waals surface area contributed by atoms with Crippen LogP contribution in [0.1, 0.15) is 33.4 Å². The molecule has 0 aliphatic heterocycles. The third-order valence-corrected chi connectivity index (χ3v) is 6.78. The van der Waals surface area contributed by atoms with Crippen molar-refractivity contribution < 1.29 is 28.7 Å². The lowest BCUT2D eigenvalue weighted by molar-refractivity contribution is -0.117. The number of aromatic carboxylic acids is 1. The van der Waals surface area contributed by atoms with E-state index in [1.54, 1.807) is 11.3 Å². The average Bonchev–Trinajstić information content (AvgIpc) is 3.50. The van der Waals surface area contributed by atoms with Crippen LogP contribution in [0.3, 0.4) is 0 Å². The van der Waals surface area contributed by atoms with Gasteiger partial charge in [-0.15, -0.1) is 11.3 Å². The monoisotopic (exact) mass is 491 g/mol. The molecule has 4 aromatic rings. The second-order valence-electron chi connectivity index (χ2n) is 7.91. The van der Waals surface area contributed by atoms with Crippen molar-refractivity contribution in [1.82, 2.24) is 5.16 Å². The van der Waals surface area contributed by atoms with Crippen LogP contribution in [0.15, 0.2) is 65.4 Å². The number of carboxylic acids is 1. The van der Waals surface area contributed by atoms with Gasteiger partial charge < -0.3 is 23.9 Å². The highest BCUT2D eigenvalue weighted by Gasteiger charge is 2.20. The first-order valence-corrected chi connectivity index (χ1v) is 12.0. The zero-order chi connectivity index (χ0) is 24.8. The Kier molecular flexibility index (Phi) is 7.74. The molecular weight excluding hydrogens is 466 g/mol. The fraction of sp³-hybridized carbons (Fsp3) is 0.222. The molecule has 0 amide bonds. The van der Waals surface area contributed by atoms with Crippen molar-refractivity contribution in [2.24, 2.45) is 0 Å². The molecule has 0 fully saturated rings. The number of aromatic nitrogens is 1. The lowest BCUT2D eigenvalue weighted by Crippen LogP contribution is -2.17. The van der Waals surface area contributed by atoms with Crippen LogP contribution in [0.4, 0.5) is 0 Å². The summed E-state index contributed by atoms with van der Waals surface area (Å²) >= 11 is 1.60. The molecule has 1 atom stereocenters. The first-order valence-electron chi connectivity index (χ1n) is 11.2. The Bertz CT molecular complexity index is 1310. The van der Waals surface area contributed by atoms with E-state index in [-0.39, 0.29) is 5.69 Å². The standard InChI is InChI=1S/C27H25NO6S/c1-3-32-20(14-29)13-18-8-10-19(11-9-18)33-16-25-17(2)12-24(35-25)22-7-5-4-6-21(22)23-15-34-28-26(23)27(30)31/h4-12,14-15,20H,3,13,16H2,1-2H3,(H,30,31). The van der Waals surface area contributed by atoms with Crippen LogP contribution in [0.25, 0.3) is 21.6 Å². The number of nitrogens with zero attached hydrogens (tertiary/aromatic N) is 1. The summed E-state index contributed by atoms with van der Waals surface area (Å²) in [6, 6.07) is 17.3. The topological polar surface area (TPSA) is 98.9 Å². The van der Waals surface area contributed by atoms with E-state index in [9.17, 15) is 14.7 Å². The van der Waals surface area contributed by atoms with E-state index >= 15 is 0 Å². The number of carbonyl (C=O) groups excluding carboxylic acids is 1. The molecule has 0 radical (unpaired) electrons. The van der Waals surface area contributed by atoms with Gasteiger partial charge in [0.25, 0.3) is 0 Å². The van der Waals surface area contributed by atoms with Crippen LogP contribution < -0.4 is 4.74 Å². The number of aldehydes is 1. The van der Waals surface area contributed by atoms with E-state index in [4.69, 9.17) is 14.0 Å². The van der Waals surface area contributed by atoms with E-state index in [0.717, 1.165) is 44.0 Å². The second kappa shape index (κ2) is 11.1. The zero-order valence-electron chi connectivity index (χ0n) is 19.4. The van der Waals surface area contributed by atoms with E-state index in [2.05, 4.69) is 11.2 Å². The van der Waals surface area contributed by atoms with E-state index in [1.807, 2.05) is 62.4 Å². The van der Waals surface area contributed by atoms with E-state index < -0.39 is 12.1 Å². The Hall–Kier alpha value is -3.75. The van der Waals surface area contributed by atoms with Crippen LogP contribution in [-0.2, 0) is 22.6 Å². The summed E-state index contributed by atoms with van der Waals surface area (Å²) in [4.78, 5) is 24.7. The average molecular weight is 492 g/mol. The van der Waals surface area contributed by atoms with Crippen LogP contribution >= 0.6 is 11.3 Å². The van der Waals surface area contributed by atoms with E-state index in [1.165, 1.54) is 6.26 Å². The van der Waals surface area contributed by atoms with Crippen molar-refractivity contribution in [3.8, 4) is 27.3 Å². The Labute approximate surface area is 206 Å². The molecule has 0 bridgehead atoms. The van der Waals surface area contributed by atoms with Gasteiger partial charge in [0.2, 0.25) is 0 Å². The van der Waals surface area contributed by atoms with Crippen molar-refractivity contribution in [1.29, 1.82) is 0 Å². The second-order valence-corrected chi connectivity index (χ2v) is 9.05. The molecule has 7 nitrogen and oxygen atoms in total. The molecule has 1 N–H and O–H groups in total. The Morgan fingerprint density at radius 1 is 1.14 bits per heavy atom. The Balaban J connectivity index is 1.49. The predicted octanol–water partition coefficient (Wildman–Crippen LogP) is 5.80. The minimum atomic E-state index is -1.13. The summed E-state index contributed by atoms with van der Waals surface area (Å²) in [5, 5.41) is 13.1. The summed E-state index contributed by atoms with van der Waals surface area (Å²) in [5.74, 6) is -0.399. The highest BCUT2D eigenvalue weighted by molar-refractivity contribution is 7.15. The molecule has 35 heavy (non-hydrogen) atoms. The molecule has 4 rings (SSSR count). The smallest absolute Gasteiger partial charge is 0.358 e. The van der Waals surface area contributed by atoms with Gasteiger partial charge in [-0.2, -0.15) is 0 Å². The first-order chi connectivity index (χ1) is 17.0. The van der Waals surface area contributed by atoms with Crippen molar-refractivity contribution in [3.63, 3.8) is 0 Å². The summed E-state index contributed by atoms with van der Waals surface area (Å²) < 4.78 is 16.4. The van der Waals surface area contributed by atoms with E-state index in [0.29, 0.717) is 25.2 Å². The molecule has 180 valence electrons. The van der Waals surface area contributed by atoms with Gasteiger partial charge in [0.15, 0.2) is 5.69 Å². The third-order valence-electron chi connectivity index (χ3n) is 5.54. The van der Waals surface area contributed by atoms with Gasteiger partial charge in [-0.1, -0.05) is 41.6 Å². The third kappa shape index (κ3) is 5.67. The fourth-order valence-electron chi connectivity index (χ4n) is 3.77. The Morgan fingerprint density at radius 2 is 1.89 bits per heavy atom. The number of thiophene rings is 1. The van der Waals surface area contributed by atoms with Crippen LogP contribution in [0.2, 0.25) is 0 Å². The van der Waals surface area contributed by atoms with Gasteiger partial charge in [-0.05, 0) is 54.3 Å². The number of benzene rings is 2. The summed E-state index contributed by atoms with van der Waals surface area (Å²) in [7, 11) is 0. The van der Waals surface area contributed by atoms with Crippen molar-refractivity contribution >= 4 is 23.6 Å². The van der Waals surface area contributed by atoms with Crippen LogP contribution in [0.5, 0.6) is 5.75 Å². The maximum atomic E-state index is 11.5. The number of rotatable bonds is 11. The van der Waals surface area contributed by atoms with Crippen molar-refractivity contribution in [3.05, 3.63) is 82.6 Å². The summed E-state index contributed by atoms with van der Waals surface area (Å²) in [5.41, 5.74) is 4.07. The maximum Gasteiger partial charge on any atom is 0.358 e. The molecule has 0 saturated heterocycles. The number of hydrogen-bond donors (Lipinski definition) is 1. The van der Waals surface area contributed by atoms with Crippen LogP contribution in [-0.4, -0.2) is 35.2 Å².